The first-order valence-corrected chi connectivity index (χ1v) is 6.59. The Labute approximate surface area is 123 Å². The van der Waals surface area contributed by atoms with Crippen LogP contribution >= 0.6 is 0 Å². The van der Waals surface area contributed by atoms with Crippen molar-refractivity contribution in [3.8, 4) is 0 Å². The molecule has 0 aromatic heterocycles. The molecule has 22 heavy (non-hydrogen) atoms. The molecule has 1 N–H and O–H groups in total. The molecule has 1 aromatic carbocycles. The third kappa shape index (κ3) is 3.21. The number of halogens is 5. The standard InChI is InChI=1S/C14H14F5NO2/c1-7(9-3-2-8(15)4-12(9)16)20-5-10(13(21)22)11(6-20)14(17,18)19/h2-4,7,10-11H,5-6H2,1H3,(H,21,22)/t7?,10-,11-/m1/s1. The Morgan fingerprint density at radius 2 is 1.95 bits per heavy atom. The van der Waals surface area contributed by atoms with Gasteiger partial charge in [0.15, 0.2) is 0 Å². The van der Waals surface area contributed by atoms with Gasteiger partial charge in [0, 0.05) is 30.8 Å². The van der Waals surface area contributed by atoms with Gasteiger partial charge in [0.05, 0.1) is 11.8 Å². The highest BCUT2D eigenvalue weighted by molar-refractivity contribution is 5.71. The molecule has 1 aliphatic rings. The molecular weight excluding hydrogens is 309 g/mol. The quantitative estimate of drug-likeness (QED) is 0.868. The first-order valence-electron chi connectivity index (χ1n) is 6.59. The smallest absolute Gasteiger partial charge is 0.393 e. The third-order valence-corrected chi connectivity index (χ3v) is 4.05. The minimum absolute atomic E-state index is 0.0355. The Hall–Kier alpha value is -1.70. The summed E-state index contributed by atoms with van der Waals surface area (Å²) < 4.78 is 65.4. The van der Waals surface area contributed by atoms with E-state index in [4.69, 9.17) is 5.11 Å². The van der Waals surface area contributed by atoms with Crippen LogP contribution in [0.4, 0.5) is 22.0 Å². The van der Waals surface area contributed by atoms with Gasteiger partial charge in [-0.25, -0.2) is 8.78 Å². The number of nitrogens with zero attached hydrogens (tertiary/aromatic N) is 1. The van der Waals surface area contributed by atoms with Crippen molar-refractivity contribution in [1.29, 1.82) is 0 Å². The lowest BCUT2D eigenvalue weighted by atomic mass is 9.96. The van der Waals surface area contributed by atoms with E-state index in [0.717, 1.165) is 12.1 Å². The number of carbonyl (C=O) groups is 1. The van der Waals surface area contributed by atoms with Gasteiger partial charge in [0.25, 0.3) is 0 Å². The lowest BCUT2D eigenvalue weighted by molar-refractivity contribution is -0.188. The van der Waals surface area contributed by atoms with Crippen LogP contribution in [0.1, 0.15) is 18.5 Å². The molecule has 0 amide bonds. The molecule has 0 aliphatic carbocycles. The van der Waals surface area contributed by atoms with Crippen molar-refractivity contribution < 1.29 is 31.9 Å². The first kappa shape index (κ1) is 16.7. The second-order valence-corrected chi connectivity index (χ2v) is 5.39. The Bertz CT molecular complexity index is 575. The highest BCUT2D eigenvalue weighted by atomic mass is 19.4. The number of rotatable bonds is 3. The number of benzene rings is 1. The second kappa shape index (κ2) is 5.83. The summed E-state index contributed by atoms with van der Waals surface area (Å²) in [5.74, 6) is -6.78. The third-order valence-electron chi connectivity index (χ3n) is 4.05. The van der Waals surface area contributed by atoms with Crippen LogP contribution in [-0.4, -0.2) is 35.2 Å². The van der Waals surface area contributed by atoms with Gasteiger partial charge in [0.2, 0.25) is 0 Å². The van der Waals surface area contributed by atoms with Crippen molar-refractivity contribution in [2.24, 2.45) is 11.8 Å². The molecule has 3 atom stereocenters. The van der Waals surface area contributed by atoms with Crippen molar-refractivity contribution in [3.05, 3.63) is 35.4 Å². The molecule has 3 nitrogen and oxygen atoms in total. The average molecular weight is 323 g/mol. The van der Waals surface area contributed by atoms with E-state index in [1.807, 2.05) is 0 Å². The van der Waals surface area contributed by atoms with Gasteiger partial charge in [0.1, 0.15) is 11.6 Å². The van der Waals surface area contributed by atoms with E-state index in [9.17, 15) is 26.7 Å². The molecule has 8 heteroatoms. The van der Waals surface area contributed by atoms with Gasteiger partial charge in [-0.2, -0.15) is 13.2 Å². The lowest BCUT2D eigenvalue weighted by Gasteiger charge is -2.25. The summed E-state index contributed by atoms with van der Waals surface area (Å²) in [5, 5.41) is 8.96. The average Bonchev–Trinajstić information content (AvgIpc) is 2.83. The Balaban J connectivity index is 2.24. The first-order chi connectivity index (χ1) is 10.1. The van der Waals surface area contributed by atoms with Gasteiger partial charge in [-0.15, -0.1) is 0 Å². The van der Waals surface area contributed by atoms with E-state index in [-0.39, 0.29) is 12.1 Å². The number of aliphatic carboxylic acids is 1. The van der Waals surface area contributed by atoms with Crippen LogP contribution < -0.4 is 0 Å². The maximum absolute atomic E-state index is 13.7. The molecule has 1 saturated heterocycles. The maximum Gasteiger partial charge on any atom is 0.393 e. The molecule has 1 fully saturated rings. The topological polar surface area (TPSA) is 40.5 Å². The molecule has 0 spiro atoms. The van der Waals surface area contributed by atoms with Gasteiger partial charge < -0.3 is 5.11 Å². The summed E-state index contributed by atoms with van der Waals surface area (Å²) in [4.78, 5) is 12.3. The van der Waals surface area contributed by atoms with Crippen molar-refractivity contribution in [2.45, 2.75) is 19.1 Å². The highest BCUT2D eigenvalue weighted by Gasteiger charge is 2.53. The van der Waals surface area contributed by atoms with E-state index >= 15 is 0 Å². The number of hydrogen-bond donors (Lipinski definition) is 1. The van der Waals surface area contributed by atoms with Crippen LogP contribution in [0.15, 0.2) is 18.2 Å². The van der Waals surface area contributed by atoms with Crippen LogP contribution in [-0.2, 0) is 4.79 Å². The summed E-state index contributed by atoms with van der Waals surface area (Å²) in [5.41, 5.74) is 0.0355. The lowest BCUT2D eigenvalue weighted by Crippen LogP contribution is -2.33. The Morgan fingerprint density at radius 3 is 2.41 bits per heavy atom. The molecule has 0 bridgehead atoms. The normalized spacial score (nSPS) is 24.5. The van der Waals surface area contributed by atoms with E-state index in [1.165, 1.54) is 11.8 Å². The molecule has 1 aliphatic heterocycles. The number of carboxylic acid groups (broad SMARTS) is 1. The van der Waals surface area contributed by atoms with Gasteiger partial charge >= 0.3 is 12.1 Å². The molecule has 1 unspecified atom stereocenters. The molecule has 0 radical (unpaired) electrons. The van der Waals surface area contributed by atoms with E-state index < -0.39 is 48.2 Å². The molecule has 1 heterocycles. The predicted octanol–water partition coefficient (Wildman–Crippen LogP) is 3.22. The second-order valence-electron chi connectivity index (χ2n) is 5.39. The predicted molar refractivity (Wildman–Crippen MR) is 67.0 cm³/mol. The van der Waals surface area contributed by atoms with Crippen molar-refractivity contribution in [3.63, 3.8) is 0 Å². The molecule has 2 rings (SSSR count). The summed E-state index contributed by atoms with van der Waals surface area (Å²) in [7, 11) is 0. The minimum Gasteiger partial charge on any atom is -0.481 e. The number of alkyl halides is 3. The molecule has 1 aromatic rings. The van der Waals surface area contributed by atoms with Gasteiger partial charge in [-0.3, -0.25) is 9.69 Å². The fourth-order valence-electron chi connectivity index (χ4n) is 2.77. The van der Waals surface area contributed by atoms with Crippen LogP contribution in [0, 0.1) is 23.5 Å². The monoisotopic (exact) mass is 323 g/mol. The van der Waals surface area contributed by atoms with Crippen LogP contribution in [0.25, 0.3) is 0 Å². The zero-order valence-electron chi connectivity index (χ0n) is 11.6. The number of likely N-dealkylation sites (tertiary alicyclic amines) is 1. The summed E-state index contributed by atoms with van der Waals surface area (Å²) >= 11 is 0. The number of carboxylic acids is 1. The highest BCUT2D eigenvalue weighted by Crippen LogP contribution is 2.40. The fourth-order valence-corrected chi connectivity index (χ4v) is 2.77. The fraction of sp³-hybridized carbons (Fsp3) is 0.500. The van der Waals surface area contributed by atoms with Crippen molar-refractivity contribution >= 4 is 5.97 Å². The van der Waals surface area contributed by atoms with E-state index in [2.05, 4.69) is 0 Å². The molecule has 0 saturated carbocycles. The SMILES string of the molecule is CC(c1ccc(F)cc1F)N1C[C@@H](C(F)(F)F)[C@H](C(=O)O)C1. The Kier molecular flexibility index (Phi) is 4.42. The zero-order valence-corrected chi connectivity index (χ0v) is 11.6. The largest absolute Gasteiger partial charge is 0.481 e. The van der Waals surface area contributed by atoms with Gasteiger partial charge in [-0.1, -0.05) is 6.07 Å². The van der Waals surface area contributed by atoms with E-state index in [0.29, 0.717) is 6.07 Å². The molecule has 122 valence electrons. The maximum atomic E-state index is 13.7. The van der Waals surface area contributed by atoms with Crippen molar-refractivity contribution in [2.75, 3.05) is 13.1 Å². The van der Waals surface area contributed by atoms with Crippen LogP contribution in [0.5, 0.6) is 0 Å². The van der Waals surface area contributed by atoms with Crippen LogP contribution in [0.2, 0.25) is 0 Å². The van der Waals surface area contributed by atoms with Gasteiger partial charge in [-0.05, 0) is 13.0 Å². The zero-order chi connectivity index (χ0) is 16.7. The summed E-state index contributed by atoms with van der Waals surface area (Å²) in [6, 6.07) is 2.04. The van der Waals surface area contributed by atoms with E-state index in [1.54, 1.807) is 0 Å². The summed E-state index contributed by atoms with van der Waals surface area (Å²) in [6.07, 6.45) is -4.64. The minimum atomic E-state index is -4.64. The molecular formula is C14H14F5NO2. The van der Waals surface area contributed by atoms with Crippen LogP contribution in [0.3, 0.4) is 0 Å². The summed E-state index contributed by atoms with van der Waals surface area (Å²) in [6.45, 7) is 0.601. The van der Waals surface area contributed by atoms with Crippen molar-refractivity contribution in [1.82, 2.24) is 4.90 Å². The Morgan fingerprint density at radius 1 is 1.32 bits per heavy atom. The number of hydrogen-bond acceptors (Lipinski definition) is 2.